The lowest BCUT2D eigenvalue weighted by atomic mass is 10.1. The van der Waals surface area contributed by atoms with E-state index in [1.54, 1.807) is 51.1 Å². The van der Waals surface area contributed by atoms with Crippen LogP contribution in [-0.2, 0) is 14.1 Å². The molecule has 2 aromatic carbocycles. The average Bonchev–Trinajstić information content (AvgIpc) is 2.67. The maximum Gasteiger partial charge on any atom is 0.513 e. The van der Waals surface area contributed by atoms with Crippen LogP contribution in [-0.4, -0.2) is 29.0 Å². The van der Waals surface area contributed by atoms with Gasteiger partial charge in [0, 0.05) is 0 Å². The summed E-state index contributed by atoms with van der Waals surface area (Å²) in [5, 5.41) is 20.7. The number of hydrogen-bond acceptors (Lipinski definition) is 8. The SMILES string of the molecule is CCOC(=O)[C@@H](NP(=O)(Oc1ccccc1)Oc1ccc(N(O)O)cc1)C(C)C. The first-order chi connectivity index (χ1) is 13.7. The summed E-state index contributed by atoms with van der Waals surface area (Å²) < 4.78 is 29.8. The van der Waals surface area contributed by atoms with Crippen molar-refractivity contribution in [3.8, 4) is 11.5 Å². The van der Waals surface area contributed by atoms with Crippen molar-refractivity contribution < 1.29 is 33.6 Å². The Kier molecular flexibility index (Phi) is 8.04. The molecule has 158 valence electrons. The molecule has 0 radical (unpaired) electrons. The Morgan fingerprint density at radius 2 is 1.59 bits per heavy atom. The van der Waals surface area contributed by atoms with Gasteiger partial charge in [0.25, 0.3) is 0 Å². The van der Waals surface area contributed by atoms with Gasteiger partial charge in [-0.2, -0.15) is 5.09 Å². The third-order valence-electron chi connectivity index (χ3n) is 3.77. The van der Waals surface area contributed by atoms with Gasteiger partial charge in [0.15, 0.2) is 0 Å². The summed E-state index contributed by atoms with van der Waals surface area (Å²) in [6, 6.07) is 12.9. The number of anilines is 1. The molecule has 0 bridgehead atoms. The zero-order chi connectivity index (χ0) is 21.4. The van der Waals surface area contributed by atoms with Crippen LogP contribution in [0.5, 0.6) is 11.5 Å². The number of ether oxygens (including phenoxy) is 1. The summed E-state index contributed by atoms with van der Waals surface area (Å²) >= 11 is 0. The van der Waals surface area contributed by atoms with Crippen LogP contribution in [0, 0.1) is 5.92 Å². The molecular weight excluding hydrogens is 399 g/mol. The number of benzene rings is 2. The summed E-state index contributed by atoms with van der Waals surface area (Å²) in [5.74, 6) is -0.420. The molecule has 1 unspecified atom stereocenters. The van der Waals surface area contributed by atoms with Crippen molar-refractivity contribution in [3.63, 3.8) is 0 Å². The lowest BCUT2D eigenvalue weighted by Gasteiger charge is -2.26. The van der Waals surface area contributed by atoms with E-state index < -0.39 is 19.8 Å². The van der Waals surface area contributed by atoms with Crippen molar-refractivity contribution in [1.29, 1.82) is 0 Å². The highest BCUT2D eigenvalue weighted by atomic mass is 31.2. The summed E-state index contributed by atoms with van der Waals surface area (Å²) in [6.07, 6.45) is 0. The van der Waals surface area contributed by atoms with Crippen LogP contribution in [0.3, 0.4) is 0 Å². The van der Waals surface area contributed by atoms with Gasteiger partial charge in [0.2, 0.25) is 0 Å². The first-order valence-corrected chi connectivity index (χ1v) is 10.5. The third kappa shape index (κ3) is 6.76. The second kappa shape index (κ2) is 10.3. The molecule has 3 N–H and O–H groups in total. The van der Waals surface area contributed by atoms with Gasteiger partial charge < -0.3 is 13.8 Å². The molecule has 0 aliphatic heterocycles. The number of esters is 1. The Balaban J connectivity index is 2.31. The molecule has 10 heteroatoms. The molecule has 0 aromatic heterocycles. The van der Waals surface area contributed by atoms with E-state index in [4.69, 9.17) is 24.2 Å². The summed E-state index contributed by atoms with van der Waals surface area (Å²) in [7, 11) is -4.08. The zero-order valence-corrected chi connectivity index (χ0v) is 17.3. The Morgan fingerprint density at radius 1 is 1.03 bits per heavy atom. The monoisotopic (exact) mass is 424 g/mol. The van der Waals surface area contributed by atoms with Crippen molar-refractivity contribution in [3.05, 3.63) is 54.6 Å². The normalized spacial score (nSPS) is 14.0. The molecular formula is C19H25N2O7P. The van der Waals surface area contributed by atoms with Gasteiger partial charge in [-0.05, 0) is 49.2 Å². The lowest BCUT2D eigenvalue weighted by molar-refractivity contribution is -0.146. The van der Waals surface area contributed by atoms with Gasteiger partial charge in [-0.25, -0.2) is 4.57 Å². The maximum absolute atomic E-state index is 13.5. The van der Waals surface area contributed by atoms with Crippen LogP contribution in [0.4, 0.5) is 5.69 Å². The minimum atomic E-state index is -4.08. The topological polar surface area (TPSA) is 118 Å². The van der Waals surface area contributed by atoms with Crippen LogP contribution in [0.25, 0.3) is 0 Å². The Hall–Kier alpha value is -2.58. The average molecular weight is 424 g/mol. The number of carbonyl (C=O) groups is 1. The first kappa shape index (κ1) is 22.7. The highest BCUT2D eigenvalue weighted by molar-refractivity contribution is 7.52. The largest absolute Gasteiger partial charge is 0.513 e. The van der Waals surface area contributed by atoms with Crippen molar-refractivity contribution >= 4 is 19.4 Å². The zero-order valence-electron chi connectivity index (χ0n) is 16.4. The fraction of sp³-hybridized carbons (Fsp3) is 0.316. The predicted molar refractivity (Wildman–Crippen MR) is 106 cm³/mol. The third-order valence-corrected chi connectivity index (χ3v) is 5.26. The number of hydrogen-bond donors (Lipinski definition) is 3. The minimum Gasteiger partial charge on any atom is -0.465 e. The summed E-state index contributed by atoms with van der Waals surface area (Å²) in [5.41, 5.74) is 0.0794. The van der Waals surface area contributed by atoms with Crippen LogP contribution >= 0.6 is 7.75 Å². The fourth-order valence-corrected chi connectivity index (χ4v) is 4.03. The van der Waals surface area contributed by atoms with Crippen molar-refractivity contribution in [2.45, 2.75) is 26.8 Å². The predicted octanol–water partition coefficient (Wildman–Crippen LogP) is 4.01. The van der Waals surface area contributed by atoms with Crippen LogP contribution < -0.4 is 19.4 Å². The first-order valence-electron chi connectivity index (χ1n) is 9.00. The van der Waals surface area contributed by atoms with Crippen molar-refractivity contribution in [2.75, 3.05) is 11.8 Å². The van der Waals surface area contributed by atoms with Gasteiger partial charge in [0.1, 0.15) is 17.5 Å². The smallest absolute Gasteiger partial charge is 0.465 e. The number of rotatable bonds is 10. The van der Waals surface area contributed by atoms with E-state index in [0.717, 1.165) is 0 Å². The molecule has 0 aliphatic carbocycles. The van der Waals surface area contributed by atoms with Gasteiger partial charge in [-0.15, -0.1) is 5.23 Å². The fourth-order valence-electron chi connectivity index (χ4n) is 2.35. The van der Waals surface area contributed by atoms with Crippen molar-refractivity contribution in [2.24, 2.45) is 5.92 Å². The van der Waals surface area contributed by atoms with Crippen LogP contribution in [0.1, 0.15) is 20.8 Å². The molecule has 0 saturated carbocycles. The van der Waals surface area contributed by atoms with E-state index in [2.05, 4.69) is 5.09 Å². The van der Waals surface area contributed by atoms with E-state index in [0.29, 0.717) is 0 Å². The number of para-hydroxylation sites is 1. The van der Waals surface area contributed by atoms with E-state index >= 15 is 0 Å². The highest BCUT2D eigenvalue weighted by Gasteiger charge is 2.37. The van der Waals surface area contributed by atoms with Gasteiger partial charge in [-0.3, -0.25) is 15.2 Å². The second-order valence-corrected chi connectivity index (χ2v) is 8.00. The van der Waals surface area contributed by atoms with E-state index in [1.807, 2.05) is 0 Å². The molecule has 9 nitrogen and oxygen atoms in total. The molecule has 2 atom stereocenters. The lowest BCUT2D eigenvalue weighted by Crippen LogP contribution is -2.42. The molecule has 29 heavy (non-hydrogen) atoms. The minimum absolute atomic E-state index is 0.0579. The van der Waals surface area contributed by atoms with Crippen LogP contribution in [0.2, 0.25) is 0 Å². The molecule has 0 saturated heterocycles. The van der Waals surface area contributed by atoms with Crippen LogP contribution in [0.15, 0.2) is 54.6 Å². The Bertz CT molecular complexity index is 828. The molecule has 0 fully saturated rings. The molecule has 0 heterocycles. The standard InChI is InChI=1S/C19H25N2O7P/c1-4-26-19(22)18(14(2)3)20-29(25,27-16-8-6-5-7-9-16)28-17-12-10-15(11-13-17)21(23)24/h5-14,18,23-24H,4H2,1-3H3,(H,20,25)/t18-,29?/m0/s1. The molecule has 2 rings (SSSR count). The maximum atomic E-state index is 13.5. The summed E-state index contributed by atoms with van der Waals surface area (Å²) in [4.78, 5) is 12.3. The molecule has 0 amide bonds. The molecule has 0 spiro atoms. The number of nitrogens with zero attached hydrogens (tertiary/aromatic N) is 1. The highest BCUT2D eigenvalue weighted by Crippen LogP contribution is 2.46. The molecule has 2 aromatic rings. The second-order valence-electron chi connectivity index (χ2n) is 6.38. The molecule has 0 aliphatic rings. The number of carbonyl (C=O) groups excluding carboxylic acids is 1. The Labute approximate surface area is 169 Å². The van der Waals surface area contributed by atoms with E-state index in [9.17, 15) is 9.36 Å². The quantitative estimate of drug-likeness (QED) is 0.295. The number of nitrogens with one attached hydrogen (secondary N) is 1. The van der Waals surface area contributed by atoms with E-state index in [1.165, 1.54) is 24.3 Å². The Morgan fingerprint density at radius 3 is 2.07 bits per heavy atom. The van der Waals surface area contributed by atoms with Gasteiger partial charge >= 0.3 is 13.7 Å². The van der Waals surface area contributed by atoms with Gasteiger partial charge in [-0.1, -0.05) is 32.0 Å². The van der Waals surface area contributed by atoms with Gasteiger partial charge in [0.05, 0.1) is 12.3 Å². The van der Waals surface area contributed by atoms with Crippen molar-refractivity contribution in [1.82, 2.24) is 5.09 Å². The summed E-state index contributed by atoms with van der Waals surface area (Å²) in [6.45, 7) is 5.40. The van der Waals surface area contributed by atoms with E-state index in [-0.39, 0.29) is 34.9 Å².